The van der Waals surface area contributed by atoms with Gasteiger partial charge >= 0.3 is 0 Å². The first-order valence-corrected chi connectivity index (χ1v) is 23.8. The molecule has 3 heterocycles. The van der Waals surface area contributed by atoms with Gasteiger partial charge in [-0.05, 0) is 111 Å². The molecule has 4 saturated carbocycles. The van der Waals surface area contributed by atoms with Crippen LogP contribution in [0.3, 0.4) is 0 Å². The van der Waals surface area contributed by atoms with Crippen LogP contribution in [0.5, 0.6) is 0 Å². The molecule has 0 spiro atoms. The summed E-state index contributed by atoms with van der Waals surface area (Å²) in [6.45, 7) is 16.7. The van der Waals surface area contributed by atoms with Crippen molar-refractivity contribution in [3.05, 3.63) is 18.3 Å². The third kappa shape index (κ3) is 7.59. The normalized spacial score (nSPS) is 55.4. The summed E-state index contributed by atoms with van der Waals surface area (Å²) in [6.07, 6.45) is -14.4. The van der Waals surface area contributed by atoms with Crippen LogP contribution in [-0.4, -0.2) is 163 Å². The quantitative estimate of drug-likeness (QED) is 0.0893. The van der Waals surface area contributed by atoms with Crippen LogP contribution in [0.1, 0.15) is 113 Å². The summed E-state index contributed by atoms with van der Waals surface area (Å²) in [6, 6.07) is 0. The van der Waals surface area contributed by atoms with Crippen LogP contribution in [-0.2, 0) is 38.0 Å². The molecule has 7 fully saturated rings. The van der Waals surface area contributed by atoms with E-state index >= 15 is 0 Å². The number of carbonyl (C=O) groups excluding carboxylic acids is 2. The average Bonchev–Trinajstić information content (AvgIpc) is 3.24. The van der Waals surface area contributed by atoms with Gasteiger partial charge in [0.1, 0.15) is 79.7 Å². The van der Waals surface area contributed by atoms with E-state index in [2.05, 4.69) is 40.7 Å². The number of aliphatic hydroxyl groups is 9. The molecule has 3 aliphatic heterocycles. The fourth-order valence-electron chi connectivity index (χ4n) is 14.9. The molecule has 0 aromatic rings. The van der Waals surface area contributed by atoms with Crippen LogP contribution in [0, 0.1) is 56.9 Å². The maximum Gasteiger partial charge on any atom is 0.187 e. The highest BCUT2D eigenvalue weighted by Crippen LogP contribution is 2.76. The first-order valence-electron chi connectivity index (χ1n) is 23.8. The molecule has 17 nitrogen and oxygen atoms in total. The number of rotatable bonds is 9. The minimum Gasteiger partial charge on any atom is -0.394 e. The van der Waals surface area contributed by atoms with Gasteiger partial charge in [0.15, 0.2) is 18.9 Å². The fourth-order valence-corrected chi connectivity index (χ4v) is 14.9. The minimum atomic E-state index is -1.88. The number of ketones is 1. The summed E-state index contributed by atoms with van der Waals surface area (Å²) < 4.78 is 36.5. The Kier molecular flexibility index (Phi) is 13.4. The van der Waals surface area contributed by atoms with Crippen molar-refractivity contribution in [2.24, 2.45) is 50.2 Å². The molecule has 9 N–H and O–H groups in total. The summed E-state index contributed by atoms with van der Waals surface area (Å²) in [5.74, 6) is -0.0622. The van der Waals surface area contributed by atoms with E-state index in [-0.39, 0.29) is 39.8 Å². The standard InChI is InChI=1S/C48H75O17/c1-22-32(54)34(56)36(58)40(61-22)64-38-26(52)20-60-42(39(38)65-41-37(59)35(57)33(55)27(19-49)62-41)63-31-12-13-44(5)28(45(31,6)21-50)11-14-46(7)29(44)10-9-24-25-17-43(3,4)15-16-48(25,23(2)51)30(53)18-47(24,46)8/h9,20-22,25-42,49,52-59H,10-19H2,1-8H3/t22-,25?,26-,27?,28+,29?,30+,31-,32+,33-,34?,35-,36?,37?,38-,39?,40+,41-,42-,44?,45?,46?,47?,48+/m0/s1. The van der Waals surface area contributed by atoms with E-state index in [4.69, 9.17) is 28.4 Å². The third-order valence-electron chi connectivity index (χ3n) is 19.1. The topological polar surface area (TPSA) is 272 Å². The largest absolute Gasteiger partial charge is 0.394 e. The predicted octanol–water partition coefficient (Wildman–Crippen LogP) is 1.19. The van der Waals surface area contributed by atoms with Gasteiger partial charge < -0.3 is 79.2 Å². The van der Waals surface area contributed by atoms with E-state index in [1.807, 2.05) is 6.92 Å². The summed E-state index contributed by atoms with van der Waals surface area (Å²) in [7, 11) is 0. The van der Waals surface area contributed by atoms with Gasteiger partial charge in [-0.2, -0.15) is 0 Å². The van der Waals surface area contributed by atoms with Gasteiger partial charge in [0.05, 0.1) is 35.7 Å². The Morgan fingerprint density at radius 2 is 1.40 bits per heavy atom. The zero-order valence-corrected chi connectivity index (χ0v) is 39.1. The molecule has 369 valence electrons. The number of Topliss-reactive ketones (excluding diaryl/α,β-unsaturated/α-hetero) is 1. The molecule has 8 aliphatic rings. The molecule has 0 bridgehead atoms. The molecule has 5 aliphatic carbocycles. The van der Waals surface area contributed by atoms with E-state index in [1.54, 1.807) is 6.92 Å². The number of ether oxygens (including phenoxy) is 6. The predicted molar refractivity (Wildman–Crippen MR) is 227 cm³/mol. The SMILES string of the molecule is CC(=O)[C@]12CCC(C)(C)CC1C1=CCC3C4(C)CC[C@H](O[C@@H]5O[CH][C@H](O)[C@H](O[C@H]6O[C@@H](C)[C@@H](O)C(O)C6O)C5O[C@@H]5OC(CO)[C@H](O)[C@H](O)C5O)C(C)(C=O)[C@@H]4CCC3(C)C1(C)C[C@H]2O. The molecular weight excluding hydrogens is 849 g/mol. The molecule has 1 radical (unpaired) electrons. The molecule has 0 amide bonds. The van der Waals surface area contributed by atoms with Crippen molar-refractivity contribution < 1.29 is 84.0 Å². The molecular formula is C48H75O17. The molecule has 24 atom stereocenters. The fraction of sp³-hybridized carbons (Fsp3) is 0.896. The number of allylic oxidation sites excluding steroid dienone is 2. The van der Waals surface area contributed by atoms with Gasteiger partial charge in [-0.25, -0.2) is 0 Å². The van der Waals surface area contributed by atoms with Crippen LogP contribution >= 0.6 is 0 Å². The van der Waals surface area contributed by atoms with E-state index in [0.29, 0.717) is 32.1 Å². The second-order valence-corrected chi connectivity index (χ2v) is 22.9. The van der Waals surface area contributed by atoms with Gasteiger partial charge in [0, 0.05) is 0 Å². The van der Waals surface area contributed by atoms with Crippen LogP contribution in [0.2, 0.25) is 0 Å². The van der Waals surface area contributed by atoms with Gasteiger partial charge in [-0.3, -0.25) is 4.79 Å². The summed E-state index contributed by atoms with van der Waals surface area (Å²) in [4.78, 5) is 27.4. The van der Waals surface area contributed by atoms with Crippen molar-refractivity contribution in [3.8, 4) is 0 Å². The summed E-state index contributed by atoms with van der Waals surface area (Å²) >= 11 is 0. The second kappa shape index (κ2) is 17.4. The number of aliphatic hydroxyl groups excluding tert-OH is 9. The van der Waals surface area contributed by atoms with E-state index in [0.717, 1.165) is 38.6 Å². The molecule has 17 heteroatoms. The molecule has 65 heavy (non-hydrogen) atoms. The Bertz CT molecular complexity index is 1810. The lowest BCUT2D eigenvalue weighted by Crippen LogP contribution is -2.68. The highest BCUT2D eigenvalue weighted by atomic mass is 16.8. The lowest BCUT2D eigenvalue weighted by atomic mass is 9.33. The Balaban J connectivity index is 1.09. The van der Waals surface area contributed by atoms with Crippen molar-refractivity contribution in [1.29, 1.82) is 0 Å². The zero-order chi connectivity index (χ0) is 47.6. The van der Waals surface area contributed by atoms with Crippen molar-refractivity contribution in [2.75, 3.05) is 6.61 Å². The van der Waals surface area contributed by atoms with Crippen molar-refractivity contribution in [2.45, 2.75) is 211 Å². The summed E-state index contributed by atoms with van der Waals surface area (Å²) in [5.41, 5.74) is -1.62. The van der Waals surface area contributed by atoms with Gasteiger partial charge in [0.2, 0.25) is 0 Å². The first-order chi connectivity index (χ1) is 30.3. The highest BCUT2D eigenvalue weighted by Gasteiger charge is 2.71. The Labute approximate surface area is 381 Å². The smallest absolute Gasteiger partial charge is 0.187 e. The van der Waals surface area contributed by atoms with Gasteiger partial charge in [0.25, 0.3) is 0 Å². The van der Waals surface area contributed by atoms with Crippen LogP contribution in [0.15, 0.2) is 11.6 Å². The van der Waals surface area contributed by atoms with Gasteiger partial charge in [-0.1, -0.05) is 53.2 Å². The first kappa shape index (κ1) is 49.9. The maximum absolute atomic E-state index is 13.8. The Hall–Kier alpha value is -1.52. The molecule has 3 saturated heterocycles. The average molecular weight is 924 g/mol. The minimum absolute atomic E-state index is 0.0203. The number of carbonyl (C=O) groups is 2. The van der Waals surface area contributed by atoms with E-state index < -0.39 is 121 Å². The summed E-state index contributed by atoms with van der Waals surface area (Å²) in [5, 5.41) is 97.6. The van der Waals surface area contributed by atoms with Crippen LogP contribution in [0.4, 0.5) is 0 Å². The van der Waals surface area contributed by atoms with E-state index in [9.17, 15) is 55.5 Å². The number of hydrogen-bond acceptors (Lipinski definition) is 17. The van der Waals surface area contributed by atoms with Crippen molar-refractivity contribution in [1.82, 2.24) is 0 Å². The maximum atomic E-state index is 13.8. The molecule has 0 aromatic carbocycles. The molecule has 11 unspecified atom stereocenters. The number of aldehydes is 1. The Morgan fingerprint density at radius 3 is 2.05 bits per heavy atom. The van der Waals surface area contributed by atoms with Crippen LogP contribution in [0.25, 0.3) is 0 Å². The van der Waals surface area contributed by atoms with Gasteiger partial charge in [-0.15, -0.1) is 0 Å². The highest BCUT2D eigenvalue weighted by molar-refractivity contribution is 5.84. The lowest BCUT2D eigenvalue weighted by molar-refractivity contribution is -0.381. The molecule has 0 aromatic heterocycles. The third-order valence-corrected chi connectivity index (χ3v) is 19.1. The number of fused-ring (bicyclic) bond motifs is 7. The van der Waals surface area contributed by atoms with Crippen LogP contribution < -0.4 is 0 Å². The molecule has 8 rings (SSSR count). The zero-order valence-electron chi connectivity index (χ0n) is 39.1. The second-order valence-electron chi connectivity index (χ2n) is 22.9. The van der Waals surface area contributed by atoms with Crippen molar-refractivity contribution >= 4 is 12.1 Å². The van der Waals surface area contributed by atoms with E-state index in [1.165, 1.54) is 12.5 Å². The number of hydrogen-bond donors (Lipinski definition) is 9. The monoisotopic (exact) mass is 924 g/mol. The Morgan fingerprint density at radius 1 is 0.754 bits per heavy atom. The lowest BCUT2D eigenvalue weighted by Gasteiger charge is -2.71. The van der Waals surface area contributed by atoms with Crippen molar-refractivity contribution in [3.63, 3.8) is 0 Å².